The first-order valence-electron chi connectivity index (χ1n) is 5.74. The van der Waals surface area contributed by atoms with Crippen LogP contribution in [-0.2, 0) is 9.84 Å². The monoisotopic (exact) mass is 285 g/mol. The summed E-state index contributed by atoms with van der Waals surface area (Å²) in [5.74, 6) is -0.402. The average molecular weight is 285 g/mol. The van der Waals surface area contributed by atoms with E-state index < -0.39 is 28.0 Å². The Labute approximate surface area is 111 Å². The Kier molecular flexibility index (Phi) is 3.62. The molecule has 0 radical (unpaired) electrons. The number of likely N-dealkylation sites (tertiary alicyclic amines) is 1. The van der Waals surface area contributed by atoms with E-state index in [9.17, 15) is 23.4 Å². The highest BCUT2D eigenvalue weighted by Crippen LogP contribution is 2.17. The molecule has 2 atom stereocenters. The summed E-state index contributed by atoms with van der Waals surface area (Å²) >= 11 is 0. The maximum Gasteiger partial charge on any atom is 0.254 e. The molecule has 1 amide bonds. The van der Waals surface area contributed by atoms with Crippen LogP contribution in [0.5, 0.6) is 0 Å². The third-order valence-corrected chi connectivity index (χ3v) is 4.17. The fourth-order valence-electron chi connectivity index (χ4n) is 1.98. The lowest BCUT2D eigenvalue weighted by molar-refractivity contribution is 0.0572. The second-order valence-corrected chi connectivity index (χ2v) is 6.66. The number of β-amino-alcohol motifs (C(OH)–C–C–N with tert-alkyl or cyclic N) is 2. The summed E-state index contributed by atoms with van der Waals surface area (Å²) in [6.45, 7) is 0.0895. The Hall–Kier alpha value is -1.44. The minimum Gasteiger partial charge on any atom is -0.388 e. The van der Waals surface area contributed by atoms with Crippen LogP contribution in [0.2, 0.25) is 0 Å². The molecular weight excluding hydrogens is 270 g/mol. The maximum atomic E-state index is 12.1. The normalized spacial score (nSPS) is 23.6. The fraction of sp³-hybridized carbons (Fsp3) is 0.417. The zero-order valence-electron chi connectivity index (χ0n) is 10.4. The molecule has 1 aliphatic rings. The van der Waals surface area contributed by atoms with E-state index >= 15 is 0 Å². The number of aliphatic hydroxyl groups is 2. The quantitative estimate of drug-likeness (QED) is 0.747. The van der Waals surface area contributed by atoms with Gasteiger partial charge in [-0.05, 0) is 18.2 Å². The van der Waals surface area contributed by atoms with Crippen molar-refractivity contribution in [2.24, 2.45) is 0 Å². The van der Waals surface area contributed by atoms with Gasteiger partial charge in [-0.15, -0.1) is 0 Å². The molecule has 1 aromatic rings. The summed E-state index contributed by atoms with van der Waals surface area (Å²) in [5.41, 5.74) is 0.226. The van der Waals surface area contributed by atoms with Crippen LogP contribution >= 0.6 is 0 Å². The molecule has 19 heavy (non-hydrogen) atoms. The Morgan fingerprint density at radius 1 is 1.26 bits per heavy atom. The fourth-order valence-corrected chi connectivity index (χ4v) is 2.64. The van der Waals surface area contributed by atoms with Gasteiger partial charge in [0.25, 0.3) is 5.91 Å². The molecule has 2 unspecified atom stereocenters. The summed E-state index contributed by atoms with van der Waals surface area (Å²) in [5, 5.41) is 18.8. The van der Waals surface area contributed by atoms with Gasteiger partial charge in [0.1, 0.15) is 0 Å². The number of carbonyl (C=O) groups excluding carboxylic acids is 1. The van der Waals surface area contributed by atoms with Gasteiger partial charge < -0.3 is 15.1 Å². The van der Waals surface area contributed by atoms with Crippen molar-refractivity contribution in [3.8, 4) is 0 Å². The van der Waals surface area contributed by atoms with Crippen molar-refractivity contribution in [3.05, 3.63) is 29.8 Å². The van der Waals surface area contributed by atoms with E-state index in [0.29, 0.717) is 0 Å². The SMILES string of the molecule is CS(=O)(=O)c1cccc(C(=O)N2CC(O)C(O)C2)c1. The number of hydrogen-bond acceptors (Lipinski definition) is 5. The predicted octanol–water partition coefficient (Wildman–Crippen LogP) is -0.732. The first-order valence-corrected chi connectivity index (χ1v) is 7.63. The highest BCUT2D eigenvalue weighted by molar-refractivity contribution is 7.90. The molecule has 0 aromatic heterocycles. The van der Waals surface area contributed by atoms with Gasteiger partial charge in [0.15, 0.2) is 9.84 Å². The molecule has 7 heteroatoms. The average Bonchev–Trinajstić information content (AvgIpc) is 2.68. The lowest BCUT2D eigenvalue weighted by atomic mass is 10.2. The van der Waals surface area contributed by atoms with Gasteiger partial charge >= 0.3 is 0 Å². The Morgan fingerprint density at radius 2 is 1.84 bits per heavy atom. The molecule has 1 heterocycles. The summed E-state index contributed by atoms with van der Waals surface area (Å²) in [6.07, 6.45) is -0.843. The number of carbonyl (C=O) groups is 1. The minimum atomic E-state index is -3.37. The molecule has 104 valence electrons. The zero-order chi connectivity index (χ0) is 14.2. The Morgan fingerprint density at radius 3 is 2.37 bits per heavy atom. The summed E-state index contributed by atoms with van der Waals surface area (Å²) in [7, 11) is -3.37. The lowest BCUT2D eigenvalue weighted by Gasteiger charge is -2.15. The number of benzene rings is 1. The largest absolute Gasteiger partial charge is 0.388 e. The van der Waals surface area contributed by atoms with Crippen LogP contribution in [0.25, 0.3) is 0 Å². The van der Waals surface area contributed by atoms with Crippen LogP contribution in [-0.4, -0.2) is 61.0 Å². The first-order chi connectivity index (χ1) is 8.79. The number of hydrogen-bond donors (Lipinski definition) is 2. The Balaban J connectivity index is 2.26. The second-order valence-electron chi connectivity index (χ2n) is 4.64. The standard InChI is InChI=1S/C12H15NO5S/c1-19(17,18)9-4-2-3-8(5-9)12(16)13-6-10(14)11(15)7-13/h2-5,10-11,14-15H,6-7H2,1H3. The van der Waals surface area contributed by atoms with E-state index in [4.69, 9.17) is 0 Å². The van der Waals surface area contributed by atoms with Gasteiger partial charge in [-0.3, -0.25) is 4.79 Å². The van der Waals surface area contributed by atoms with Crippen molar-refractivity contribution in [1.82, 2.24) is 4.90 Å². The zero-order valence-corrected chi connectivity index (χ0v) is 11.2. The first kappa shape index (κ1) is 14.0. The van der Waals surface area contributed by atoms with Crippen molar-refractivity contribution in [2.45, 2.75) is 17.1 Å². The van der Waals surface area contributed by atoms with E-state index in [2.05, 4.69) is 0 Å². The predicted molar refractivity (Wildman–Crippen MR) is 67.5 cm³/mol. The maximum absolute atomic E-state index is 12.1. The Bertz CT molecular complexity index is 588. The molecule has 0 spiro atoms. The molecule has 0 bridgehead atoms. The highest BCUT2D eigenvalue weighted by atomic mass is 32.2. The van der Waals surface area contributed by atoms with Crippen molar-refractivity contribution in [3.63, 3.8) is 0 Å². The van der Waals surface area contributed by atoms with E-state index in [1.165, 1.54) is 29.2 Å². The molecule has 1 fully saturated rings. The van der Waals surface area contributed by atoms with E-state index in [-0.39, 0.29) is 23.5 Å². The highest BCUT2D eigenvalue weighted by Gasteiger charge is 2.33. The number of amides is 1. The topological polar surface area (TPSA) is 94.9 Å². The van der Waals surface area contributed by atoms with Crippen LogP contribution in [0.3, 0.4) is 0 Å². The van der Waals surface area contributed by atoms with Crippen LogP contribution in [0.1, 0.15) is 10.4 Å². The number of sulfone groups is 1. The smallest absolute Gasteiger partial charge is 0.254 e. The van der Waals surface area contributed by atoms with Crippen LogP contribution < -0.4 is 0 Å². The van der Waals surface area contributed by atoms with Crippen molar-refractivity contribution >= 4 is 15.7 Å². The van der Waals surface area contributed by atoms with Gasteiger partial charge in [-0.25, -0.2) is 8.42 Å². The third-order valence-electron chi connectivity index (χ3n) is 3.06. The van der Waals surface area contributed by atoms with E-state index in [0.717, 1.165) is 6.26 Å². The number of rotatable bonds is 2. The molecule has 1 aliphatic heterocycles. The molecular formula is C12H15NO5S. The van der Waals surface area contributed by atoms with Crippen LogP contribution in [0, 0.1) is 0 Å². The second kappa shape index (κ2) is 4.92. The van der Waals surface area contributed by atoms with E-state index in [1.54, 1.807) is 0 Å². The molecule has 1 aromatic carbocycles. The lowest BCUT2D eigenvalue weighted by Crippen LogP contribution is -2.29. The number of aliphatic hydroxyl groups excluding tert-OH is 2. The molecule has 2 rings (SSSR count). The van der Waals surface area contributed by atoms with Gasteiger partial charge in [0, 0.05) is 24.9 Å². The van der Waals surface area contributed by atoms with E-state index in [1.807, 2.05) is 0 Å². The van der Waals surface area contributed by atoms with Crippen molar-refractivity contribution < 1.29 is 23.4 Å². The van der Waals surface area contributed by atoms with Crippen LogP contribution in [0.4, 0.5) is 0 Å². The minimum absolute atomic E-state index is 0.0447. The number of nitrogens with zero attached hydrogens (tertiary/aromatic N) is 1. The van der Waals surface area contributed by atoms with Crippen LogP contribution in [0.15, 0.2) is 29.2 Å². The van der Waals surface area contributed by atoms with Gasteiger partial charge in [0.2, 0.25) is 0 Å². The van der Waals surface area contributed by atoms with Crippen molar-refractivity contribution in [2.75, 3.05) is 19.3 Å². The van der Waals surface area contributed by atoms with Crippen molar-refractivity contribution in [1.29, 1.82) is 0 Å². The summed E-state index contributed by atoms with van der Waals surface area (Å²) in [6, 6.07) is 5.72. The molecule has 1 saturated heterocycles. The molecule has 0 aliphatic carbocycles. The van der Waals surface area contributed by atoms with Gasteiger partial charge in [-0.1, -0.05) is 6.07 Å². The molecule has 2 N–H and O–H groups in total. The summed E-state index contributed by atoms with van der Waals surface area (Å²) in [4.78, 5) is 13.5. The summed E-state index contributed by atoms with van der Waals surface area (Å²) < 4.78 is 22.9. The van der Waals surface area contributed by atoms with Gasteiger partial charge in [-0.2, -0.15) is 0 Å². The third kappa shape index (κ3) is 2.94. The molecule has 0 saturated carbocycles. The van der Waals surface area contributed by atoms with Gasteiger partial charge in [0.05, 0.1) is 17.1 Å². The molecule has 6 nitrogen and oxygen atoms in total.